The molecule has 17 rings (SSSR count). The van der Waals surface area contributed by atoms with E-state index in [1.807, 2.05) is 24.3 Å². The molecule has 17 aromatic carbocycles. The summed E-state index contributed by atoms with van der Waals surface area (Å²) in [6.45, 7) is 0. The average molecular weight is 1740 g/mol. The van der Waals surface area contributed by atoms with Crippen LogP contribution in [0.5, 0.6) is 0 Å². The molecular weight excluding hydrogens is 1650 g/mol. The van der Waals surface area contributed by atoms with Crippen LogP contribution in [0, 0.1) is 0 Å². The molecular formula is C102H90O9Si10. The second-order valence-electron chi connectivity index (χ2n) is 29.4. The second-order valence-corrected chi connectivity index (χ2v) is 58.1. The van der Waals surface area contributed by atoms with Gasteiger partial charge in [-0.2, -0.15) is 0 Å². The third-order valence-electron chi connectivity index (χ3n) is 21.8. The summed E-state index contributed by atoms with van der Waals surface area (Å²) < 4.78 is 77.5. The van der Waals surface area contributed by atoms with E-state index in [1.165, 1.54) is 0 Å². The zero-order valence-corrected chi connectivity index (χ0v) is 77.4. The van der Waals surface area contributed by atoms with Crippen molar-refractivity contribution < 1.29 is 37.0 Å². The molecule has 0 aliphatic rings. The molecule has 0 fully saturated rings. The van der Waals surface area contributed by atoms with Gasteiger partial charge in [-0.25, -0.2) is 0 Å². The second kappa shape index (κ2) is 39.4. The molecule has 0 heterocycles. The molecule has 0 aliphatic heterocycles. The Morgan fingerprint density at radius 3 is 0.496 bits per heavy atom. The Labute approximate surface area is 723 Å². The minimum atomic E-state index is -4.64. The SMILES string of the molecule is c1ccc([SiH](O[SiH](O[SiH](O[Si](O[Si](O[Si](O[Si](c2ccccc2)(c2ccccc2)c2ccccc2)(c2ccccc2)c2ccccc2)(c2ccccc2)c2ccccc2)(c2ccccc2)c2ccccc2)c2ccccc2)c2ccccc2)O[SiH](O[SiH](O[Si](c2ccccc2)(c2ccccc2)c2ccccc2)c2ccccc2)c2ccccc2)cc1. The quantitative estimate of drug-likeness (QED) is 0.0286. The lowest BCUT2D eigenvalue weighted by Gasteiger charge is -2.49. The van der Waals surface area contributed by atoms with Gasteiger partial charge in [0.1, 0.15) is 0 Å². The molecule has 0 aliphatic carbocycles. The van der Waals surface area contributed by atoms with E-state index in [2.05, 4.69) is 491 Å². The summed E-state index contributed by atoms with van der Waals surface area (Å²) in [5, 5.41) is 16.2. The topological polar surface area (TPSA) is 83.1 Å². The van der Waals surface area contributed by atoms with E-state index in [0.29, 0.717) is 0 Å². The van der Waals surface area contributed by atoms with Crippen molar-refractivity contribution >= 4 is 177 Å². The molecule has 0 N–H and O–H groups in total. The van der Waals surface area contributed by atoms with E-state index in [4.69, 9.17) is 28.8 Å². The van der Waals surface area contributed by atoms with Gasteiger partial charge in [-0.15, -0.1) is 0 Å². The first-order valence-electron chi connectivity index (χ1n) is 40.9. The molecule has 121 heavy (non-hydrogen) atoms. The molecule has 592 valence electrons. The van der Waals surface area contributed by atoms with Gasteiger partial charge in [0.15, 0.2) is 0 Å². The third-order valence-corrected chi connectivity index (χ3v) is 59.2. The lowest BCUT2D eigenvalue weighted by atomic mass is 10.3. The molecule has 0 amide bonds. The normalized spacial score (nSPS) is 13.3. The van der Waals surface area contributed by atoms with Crippen LogP contribution >= 0.6 is 0 Å². The molecule has 0 bridgehead atoms. The van der Waals surface area contributed by atoms with Gasteiger partial charge in [-0.05, 0) is 88.2 Å². The molecule has 0 saturated carbocycles. The Hall–Kier alpha value is -11.5. The predicted molar refractivity (Wildman–Crippen MR) is 518 cm³/mol. The van der Waals surface area contributed by atoms with Crippen LogP contribution in [0.15, 0.2) is 516 Å². The van der Waals surface area contributed by atoms with E-state index >= 15 is 0 Å². The summed E-state index contributed by atoms with van der Waals surface area (Å²) in [6, 6.07) is 181. The maximum Gasteiger partial charge on any atom is 0.390 e. The largest absolute Gasteiger partial charge is 0.424 e. The van der Waals surface area contributed by atoms with Crippen LogP contribution in [0.3, 0.4) is 0 Å². The van der Waals surface area contributed by atoms with Gasteiger partial charge in [-0.3, -0.25) is 0 Å². The summed E-state index contributed by atoms with van der Waals surface area (Å²) >= 11 is 0. The zero-order chi connectivity index (χ0) is 81.7. The Bertz CT molecular complexity index is 5650. The minimum Gasteiger partial charge on any atom is -0.424 e. The van der Waals surface area contributed by atoms with Crippen LogP contribution in [-0.4, -0.2) is 88.7 Å². The third kappa shape index (κ3) is 18.2. The van der Waals surface area contributed by atoms with Crippen LogP contribution in [0.1, 0.15) is 0 Å². The molecule has 0 aromatic heterocycles. The van der Waals surface area contributed by atoms with Gasteiger partial charge in [-0.1, -0.05) is 516 Å². The minimum absolute atomic E-state index is 0.838. The lowest BCUT2D eigenvalue weighted by Crippen LogP contribution is -2.84. The first-order chi connectivity index (χ1) is 59.9. The highest BCUT2D eigenvalue weighted by Gasteiger charge is 2.63. The van der Waals surface area contributed by atoms with Gasteiger partial charge in [0.2, 0.25) is 0 Å². The first-order valence-corrected chi connectivity index (χ1v) is 57.8. The standard InChI is InChI=1S/C102H90O9Si10/c1-18-52-86(53-19-1)112(103-113(87-54-20-2-21-55-87)105-115(89-58-24-4-25-59-89)107-117(91-62-28-6-29-63-91,92-64-30-7-31-65-92)93-66-32-8-33-67-93)104-114(88-56-22-3-23-57-88)106-116(90-60-26-5-27-61-90)108-119(97-74-40-12-41-75-97,98-76-42-13-43-77-98)110-121(101-82-48-16-49-83-101,102-84-50-17-51-85-102)111-120(99-78-44-14-45-79-99,100-80-46-15-47-81-100)109-118(94-68-34-9-35-69-94,95-70-36-10-37-71-95)96-72-38-11-39-73-96/h1-85,112-116H. The van der Waals surface area contributed by atoms with Crippen molar-refractivity contribution in [2.24, 2.45) is 0 Å². The van der Waals surface area contributed by atoms with E-state index in [1.54, 1.807) is 0 Å². The number of hydrogen-bond acceptors (Lipinski definition) is 9. The summed E-state index contributed by atoms with van der Waals surface area (Å²) in [7, 11) is -37.4. The first kappa shape index (κ1) is 81.9. The van der Waals surface area contributed by atoms with Crippen LogP contribution in [0.4, 0.5) is 0 Å². The fourth-order valence-corrected chi connectivity index (χ4v) is 61.1. The number of benzene rings is 17. The highest BCUT2D eigenvalue weighted by molar-refractivity contribution is 7.16. The van der Waals surface area contributed by atoms with Gasteiger partial charge in [0, 0.05) is 0 Å². The van der Waals surface area contributed by atoms with Crippen LogP contribution < -0.4 is 88.2 Å². The maximum atomic E-state index is 9.31. The van der Waals surface area contributed by atoms with Crippen molar-refractivity contribution in [2.45, 2.75) is 0 Å². The fourth-order valence-electron chi connectivity index (χ4n) is 16.0. The lowest BCUT2D eigenvalue weighted by molar-refractivity contribution is 0.308. The van der Waals surface area contributed by atoms with E-state index in [9.17, 15) is 8.23 Å². The number of hydrogen-bond donors (Lipinski definition) is 0. The summed E-state index contributed by atoms with van der Waals surface area (Å²) in [5.74, 6) is 0. The van der Waals surface area contributed by atoms with Crippen molar-refractivity contribution in [3.8, 4) is 0 Å². The van der Waals surface area contributed by atoms with E-state index in [0.717, 1.165) is 88.2 Å². The molecule has 0 radical (unpaired) electrons. The number of rotatable bonds is 35. The van der Waals surface area contributed by atoms with Crippen molar-refractivity contribution in [1.82, 2.24) is 0 Å². The smallest absolute Gasteiger partial charge is 0.390 e. The van der Waals surface area contributed by atoms with Gasteiger partial charge in [0.25, 0.3) is 16.6 Å². The Morgan fingerprint density at radius 1 is 0.124 bits per heavy atom. The molecule has 5 unspecified atom stereocenters. The van der Waals surface area contributed by atoms with Crippen molar-refractivity contribution in [1.29, 1.82) is 0 Å². The summed E-state index contributed by atoms with van der Waals surface area (Å²) in [6.07, 6.45) is 0. The molecule has 0 spiro atoms. The van der Waals surface area contributed by atoms with Crippen molar-refractivity contribution in [3.05, 3.63) is 516 Å². The molecule has 0 saturated heterocycles. The molecule has 17 aromatic rings. The Balaban J connectivity index is 0.854. The zero-order valence-electron chi connectivity index (χ0n) is 66.6. The van der Waals surface area contributed by atoms with Crippen LogP contribution in [0.25, 0.3) is 0 Å². The molecule has 19 heteroatoms. The van der Waals surface area contributed by atoms with Gasteiger partial charge >= 0.3 is 72.1 Å². The van der Waals surface area contributed by atoms with Crippen LogP contribution in [0.2, 0.25) is 0 Å². The van der Waals surface area contributed by atoms with E-state index < -0.39 is 88.7 Å². The Morgan fingerprint density at radius 2 is 0.273 bits per heavy atom. The summed E-state index contributed by atoms with van der Waals surface area (Å²) in [4.78, 5) is 0. The highest BCUT2D eigenvalue weighted by Crippen LogP contribution is 2.29. The highest BCUT2D eigenvalue weighted by atomic mass is 28.5. The molecule has 5 atom stereocenters. The van der Waals surface area contributed by atoms with Gasteiger partial charge in [0.05, 0.1) is 0 Å². The van der Waals surface area contributed by atoms with Crippen LogP contribution in [-0.2, 0) is 37.0 Å². The van der Waals surface area contributed by atoms with Crippen molar-refractivity contribution in [2.75, 3.05) is 0 Å². The van der Waals surface area contributed by atoms with Crippen molar-refractivity contribution in [3.63, 3.8) is 0 Å². The van der Waals surface area contributed by atoms with E-state index in [-0.39, 0.29) is 0 Å². The average Bonchev–Trinajstić information content (AvgIpc) is 0.707. The molecule has 9 nitrogen and oxygen atoms in total. The Kier molecular flexibility index (Phi) is 26.7. The predicted octanol–water partition coefficient (Wildman–Crippen LogP) is 8.88. The van der Waals surface area contributed by atoms with Gasteiger partial charge < -0.3 is 37.0 Å². The maximum absolute atomic E-state index is 9.31. The monoisotopic (exact) mass is 1740 g/mol. The summed E-state index contributed by atoms with van der Waals surface area (Å²) in [5.41, 5.74) is 0. The fraction of sp³-hybridized carbons (Fsp3) is 0.